The highest BCUT2D eigenvalue weighted by atomic mass is 19.1. The first kappa shape index (κ1) is 7.86. The molecule has 0 rings (SSSR count). The van der Waals surface area contributed by atoms with Crippen LogP contribution in [-0.4, -0.2) is 12.3 Å². The number of rotatable bonds is 3. The summed E-state index contributed by atoms with van der Waals surface area (Å²) < 4.78 is 23.7. The van der Waals surface area contributed by atoms with Crippen LogP contribution in [0.25, 0.3) is 0 Å². The van der Waals surface area contributed by atoms with E-state index in [9.17, 15) is 8.78 Å². The van der Waals surface area contributed by atoms with E-state index in [-0.39, 0.29) is 12.8 Å². The highest BCUT2D eigenvalue weighted by molar-refractivity contribution is 4.59. The van der Waals surface area contributed by atoms with Crippen LogP contribution in [0, 0.1) is 6.92 Å². The van der Waals surface area contributed by atoms with Gasteiger partial charge >= 0.3 is 0 Å². The van der Waals surface area contributed by atoms with Gasteiger partial charge in [0.2, 0.25) is 0 Å². The van der Waals surface area contributed by atoms with Crippen LogP contribution >= 0.6 is 0 Å². The van der Waals surface area contributed by atoms with Crippen LogP contribution in [0.3, 0.4) is 0 Å². The maximum absolute atomic E-state index is 11.9. The van der Waals surface area contributed by atoms with Crippen LogP contribution in [0.4, 0.5) is 8.78 Å². The molecule has 2 unspecified atom stereocenters. The van der Waals surface area contributed by atoms with Crippen LogP contribution in [0.1, 0.15) is 19.8 Å². The van der Waals surface area contributed by atoms with Crippen molar-refractivity contribution in [3.05, 3.63) is 6.92 Å². The Morgan fingerprint density at radius 2 is 1.88 bits per heavy atom. The average molecular weight is 121 g/mol. The lowest BCUT2D eigenvalue weighted by atomic mass is 10.2. The van der Waals surface area contributed by atoms with Crippen molar-refractivity contribution in [2.24, 2.45) is 0 Å². The molecule has 0 aliphatic rings. The first-order valence-corrected chi connectivity index (χ1v) is 2.74. The molecule has 0 aromatic rings. The monoisotopic (exact) mass is 121 g/mol. The van der Waals surface area contributed by atoms with E-state index in [0.717, 1.165) is 0 Å². The molecule has 0 saturated heterocycles. The molecular weight excluding hydrogens is 110 g/mol. The van der Waals surface area contributed by atoms with E-state index in [1.165, 1.54) is 6.92 Å². The molecule has 0 N–H and O–H groups in total. The van der Waals surface area contributed by atoms with E-state index in [2.05, 4.69) is 6.92 Å². The molecule has 0 nitrogen and oxygen atoms in total. The quantitative estimate of drug-likeness (QED) is 0.537. The van der Waals surface area contributed by atoms with Crippen molar-refractivity contribution in [2.75, 3.05) is 0 Å². The Bertz CT molecular complexity index is 42.5. The summed E-state index contributed by atoms with van der Waals surface area (Å²) in [7, 11) is 0. The fourth-order valence-electron chi connectivity index (χ4n) is 0.411. The van der Waals surface area contributed by atoms with Gasteiger partial charge in [0.05, 0.1) is 6.17 Å². The Morgan fingerprint density at radius 1 is 1.38 bits per heavy atom. The van der Waals surface area contributed by atoms with Crippen molar-refractivity contribution in [3.8, 4) is 0 Å². The van der Waals surface area contributed by atoms with Gasteiger partial charge in [0.1, 0.15) is 6.17 Å². The molecular formula is C6H11F2. The summed E-state index contributed by atoms with van der Waals surface area (Å²) in [6.07, 6.45) is -1.48. The molecule has 8 heavy (non-hydrogen) atoms. The highest BCUT2D eigenvalue weighted by Crippen LogP contribution is 2.05. The topological polar surface area (TPSA) is 0 Å². The van der Waals surface area contributed by atoms with Crippen LogP contribution in [0.5, 0.6) is 0 Å². The second-order valence-corrected chi connectivity index (χ2v) is 1.96. The third kappa shape index (κ3) is 5.86. The smallest absolute Gasteiger partial charge is 0.100 e. The van der Waals surface area contributed by atoms with Crippen molar-refractivity contribution in [2.45, 2.75) is 32.1 Å². The Morgan fingerprint density at radius 3 is 2.00 bits per heavy atom. The predicted octanol–water partition coefficient (Wildman–Crippen LogP) is 2.30. The maximum atomic E-state index is 11.9. The zero-order chi connectivity index (χ0) is 6.57. The average Bonchev–Trinajstić information content (AvgIpc) is 1.61. The summed E-state index contributed by atoms with van der Waals surface area (Å²) in [5, 5.41) is 0. The van der Waals surface area contributed by atoms with Gasteiger partial charge < -0.3 is 0 Å². The summed E-state index contributed by atoms with van der Waals surface area (Å²) >= 11 is 0. The molecule has 49 valence electrons. The second kappa shape index (κ2) is 3.81. The van der Waals surface area contributed by atoms with Crippen LogP contribution in [-0.2, 0) is 0 Å². The molecule has 0 aromatic heterocycles. The molecule has 2 atom stereocenters. The third-order valence-electron chi connectivity index (χ3n) is 0.878. The lowest BCUT2D eigenvalue weighted by molar-refractivity contribution is 0.288. The van der Waals surface area contributed by atoms with Crippen molar-refractivity contribution < 1.29 is 8.78 Å². The number of alkyl halides is 2. The fraction of sp³-hybridized carbons (Fsp3) is 0.833. The number of halogens is 2. The lowest BCUT2D eigenvalue weighted by Crippen LogP contribution is -1.98. The SMILES string of the molecule is [CH2]C(F)CCC(C)F. The fourth-order valence-corrected chi connectivity index (χ4v) is 0.411. The Hall–Kier alpha value is -0.140. The zero-order valence-corrected chi connectivity index (χ0v) is 5.03. The molecule has 0 aliphatic carbocycles. The van der Waals surface area contributed by atoms with Gasteiger partial charge in [0.25, 0.3) is 0 Å². The largest absolute Gasteiger partial charge is 0.248 e. The Kier molecular flexibility index (Phi) is 3.75. The minimum atomic E-state index is -1.10. The first-order chi connectivity index (χ1) is 3.63. The molecule has 0 aliphatic heterocycles. The Labute approximate surface area is 48.9 Å². The summed E-state index contributed by atoms with van der Waals surface area (Å²) in [5.74, 6) is 0. The van der Waals surface area contributed by atoms with E-state index < -0.39 is 12.3 Å². The van der Waals surface area contributed by atoms with E-state index in [1.54, 1.807) is 0 Å². The van der Waals surface area contributed by atoms with Crippen molar-refractivity contribution in [3.63, 3.8) is 0 Å². The standard InChI is InChI=1S/C6H11F2/c1-5(7)3-4-6(2)8/h5-6H,1,3-4H2,2H3. The minimum Gasteiger partial charge on any atom is -0.248 e. The van der Waals surface area contributed by atoms with E-state index >= 15 is 0 Å². The van der Waals surface area contributed by atoms with Gasteiger partial charge in [-0.15, -0.1) is 0 Å². The van der Waals surface area contributed by atoms with Gasteiger partial charge in [-0.1, -0.05) is 0 Å². The Balaban J connectivity index is 2.93. The normalized spacial score (nSPS) is 18.0. The van der Waals surface area contributed by atoms with Crippen molar-refractivity contribution >= 4 is 0 Å². The maximum Gasteiger partial charge on any atom is 0.100 e. The molecule has 0 aromatic carbocycles. The van der Waals surface area contributed by atoms with Gasteiger partial charge in [-0.2, -0.15) is 0 Å². The van der Waals surface area contributed by atoms with E-state index in [4.69, 9.17) is 0 Å². The van der Waals surface area contributed by atoms with E-state index in [0.29, 0.717) is 0 Å². The highest BCUT2D eigenvalue weighted by Gasteiger charge is 2.01. The summed E-state index contributed by atoms with van der Waals surface area (Å²) in [4.78, 5) is 0. The summed E-state index contributed by atoms with van der Waals surface area (Å²) in [5.41, 5.74) is 0. The molecule has 0 bridgehead atoms. The molecule has 0 spiro atoms. The number of hydrogen-bond acceptors (Lipinski definition) is 0. The molecule has 0 fully saturated rings. The molecule has 2 heteroatoms. The third-order valence-corrected chi connectivity index (χ3v) is 0.878. The van der Waals surface area contributed by atoms with Gasteiger partial charge in [0, 0.05) is 0 Å². The summed E-state index contributed by atoms with van der Waals surface area (Å²) in [6, 6.07) is 0. The van der Waals surface area contributed by atoms with Crippen molar-refractivity contribution in [1.82, 2.24) is 0 Å². The predicted molar refractivity (Wildman–Crippen MR) is 30.1 cm³/mol. The van der Waals surface area contributed by atoms with Gasteiger partial charge in [-0.3, -0.25) is 0 Å². The van der Waals surface area contributed by atoms with Gasteiger partial charge in [0.15, 0.2) is 0 Å². The molecule has 0 heterocycles. The second-order valence-electron chi connectivity index (χ2n) is 1.96. The van der Waals surface area contributed by atoms with Crippen LogP contribution < -0.4 is 0 Å². The van der Waals surface area contributed by atoms with E-state index in [1.807, 2.05) is 0 Å². The van der Waals surface area contributed by atoms with Gasteiger partial charge in [-0.05, 0) is 26.7 Å². The molecule has 0 saturated carbocycles. The lowest BCUT2D eigenvalue weighted by Gasteiger charge is -2.00. The van der Waals surface area contributed by atoms with Crippen LogP contribution in [0.15, 0.2) is 0 Å². The first-order valence-electron chi connectivity index (χ1n) is 2.74. The minimum absolute atomic E-state index is 0.234. The molecule has 0 amide bonds. The van der Waals surface area contributed by atoms with Gasteiger partial charge in [-0.25, -0.2) is 8.78 Å². The van der Waals surface area contributed by atoms with Crippen LogP contribution in [0.2, 0.25) is 0 Å². The zero-order valence-electron chi connectivity index (χ0n) is 5.03. The summed E-state index contributed by atoms with van der Waals surface area (Å²) in [6.45, 7) is 4.50. The number of hydrogen-bond donors (Lipinski definition) is 0. The molecule has 1 radical (unpaired) electrons. The van der Waals surface area contributed by atoms with Crippen molar-refractivity contribution in [1.29, 1.82) is 0 Å².